The van der Waals surface area contributed by atoms with Crippen LogP contribution in [0.25, 0.3) is 0 Å². The van der Waals surface area contributed by atoms with Gasteiger partial charge in [-0.05, 0) is 19.2 Å². The van der Waals surface area contributed by atoms with Gasteiger partial charge in [0.1, 0.15) is 0 Å². The lowest BCUT2D eigenvalue weighted by Crippen LogP contribution is -2.49. The Morgan fingerprint density at radius 1 is 1.27 bits per heavy atom. The van der Waals surface area contributed by atoms with Gasteiger partial charge in [-0.15, -0.1) is 0 Å². The van der Waals surface area contributed by atoms with Crippen molar-refractivity contribution in [1.29, 1.82) is 0 Å². The second-order valence-electron chi connectivity index (χ2n) is 6.12. The smallest absolute Gasteiger partial charge is 0.228 e. The van der Waals surface area contributed by atoms with E-state index in [-0.39, 0.29) is 17.7 Å². The molecule has 0 radical (unpaired) electrons. The average Bonchev–Trinajstić information content (AvgIpc) is 2.89. The summed E-state index contributed by atoms with van der Waals surface area (Å²) in [6.07, 6.45) is 2.06. The monoisotopic (exact) mass is 302 g/mol. The molecule has 6 heteroatoms. The minimum Gasteiger partial charge on any atom is -0.340 e. The summed E-state index contributed by atoms with van der Waals surface area (Å²) < 4.78 is 0. The lowest BCUT2D eigenvalue weighted by atomic mass is 10.1. The van der Waals surface area contributed by atoms with E-state index in [9.17, 15) is 9.59 Å². The zero-order valence-electron chi connectivity index (χ0n) is 12.9. The Morgan fingerprint density at radius 2 is 2.05 bits per heavy atom. The van der Waals surface area contributed by atoms with Crippen LogP contribution in [0.3, 0.4) is 0 Å². The van der Waals surface area contributed by atoms with E-state index >= 15 is 0 Å². The number of carbonyl (C=O) groups excluding carboxylic acids is 2. The second-order valence-corrected chi connectivity index (χ2v) is 6.12. The minimum atomic E-state index is -0.195. The summed E-state index contributed by atoms with van der Waals surface area (Å²) in [5, 5.41) is 0. The van der Waals surface area contributed by atoms with Crippen LogP contribution in [0, 0.1) is 5.92 Å². The van der Waals surface area contributed by atoms with Crippen LogP contribution < -0.4 is 0 Å². The predicted octanol–water partition coefficient (Wildman–Crippen LogP) is 0.204. The first-order chi connectivity index (χ1) is 10.6. The molecule has 1 aromatic rings. The molecule has 1 aromatic heterocycles. The van der Waals surface area contributed by atoms with Crippen molar-refractivity contribution in [2.75, 3.05) is 39.8 Å². The molecule has 0 unspecified atom stereocenters. The number of hydrogen-bond acceptors (Lipinski definition) is 4. The van der Waals surface area contributed by atoms with Crippen LogP contribution in [0.5, 0.6) is 0 Å². The topological polar surface area (TPSA) is 56.8 Å². The van der Waals surface area contributed by atoms with Crippen LogP contribution in [0.2, 0.25) is 0 Å². The first kappa shape index (κ1) is 15.0. The SMILES string of the molecule is CN1CCN(C(=O)[C@H]2CC(=O)N(Cc3ccccn3)C2)CC1. The molecule has 22 heavy (non-hydrogen) atoms. The highest BCUT2D eigenvalue weighted by Crippen LogP contribution is 2.22. The van der Waals surface area contributed by atoms with Crippen molar-refractivity contribution in [3.05, 3.63) is 30.1 Å². The number of likely N-dealkylation sites (tertiary alicyclic amines) is 1. The first-order valence-corrected chi connectivity index (χ1v) is 7.78. The van der Waals surface area contributed by atoms with Crippen molar-refractivity contribution in [2.24, 2.45) is 5.92 Å². The van der Waals surface area contributed by atoms with Crippen LogP contribution in [0.1, 0.15) is 12.1 Å². The maximum absolute atomic E-state index is 12.6. The van der Waals surface area contributed by atoms with Crippen molar-refractivity contribution in [2.45, 2.75) is 13.0 Å². The number of hydrogen-bond donors (Lipinski definition) is 0. The Hall–Kier alpha value is -1.95. The third-order valence-electron chi connectivity index (χ3n) is 4.46. The molecule has 0 spiro atoms. The summed E-state index contributed by atoms with van der Waals surface area (Å²) >= 11 is 0. The Balaban J connectivity index is 1.58. The predicted molar refractivity (Wildman–Crippen MR) is 81.8 cm³/mol. The fraction of sp³-hybridized carbons (Fsp3) is 0.562. The van der Waals surface area contributed by atoms with E-state index in [1.807, 2.05) is 23.1 Å². The molecule has 0 saturated carbocycles. The highest BCUT2D eigenvalue weighted by Gasteiger charge is 2.37. The quantitative estimate of drug-likeness (QED) is 0.801. The van der Waals surface area contributed by atoms with E-state index < -0.39 is 0 Å². The Morgan fingerprint density at radius 3 is 2.73 bits per heavy atom. The van der Waals surface area contributed by atoms with E-state index in [0.717, 1.165) is 31.9 Å². The Kier molecular flexibility index (Phi) is 4.38. The summed E-state index contributed by atoms with van der Waals surface area (Å²) in [6, 6.07) is 5.67. The molecule has 2 aliphatic heterocycles. The molecule has 2 amide bonds. The number of nitrogens with zero attached hydrogens (tertiary/aromatic N) is 4. The lowest BCUT2D eigenvalue weighted by molar-refractivity contribution is -0.137. The molecule has 3 heterocycles. The van der Waals surface area contributed by atoms with Crippen molar-refractivity contribution in [1.82, 2.24) is 19.7 Å². The molecular weight excluding hydrogens is 280 g/mol. The fourth-order valence-corrected chi connectivity index (χ4v) is 3.06. The number of carbonyl (C=O) groups is 2. The number of amides is 2. The summed E-state index contributed by atoms with van der Waals surface area (Å²) in [6.45, 7) is 4.35. The van der Waals surface area contributed by atoms with Crippen LogP contribution >= 0.6 is 0 Å². The Labute approximate surface area is 130 Å². The second kappa shape index (κ2) is 6.44. The number of likely N-dealkylation sites (N-methyl/N-ethyl adjacent to an activating group) is 1. The minimum absolute atomic E-state index is 0.0538. The largest absolute Gasteiger partial charge is 0.340 e. The van der Waals surface area contributed by atoms with E-state index in [1.165, 1.54) is 0 Å². The molecule has 1 atom stereocenters. The van der Waals surface area contributed by atoms with Crippen LogP contribution in [-0.2, 0) is 16.1 Å². The van der Waals surface area contributed by atoms with Gasteiger partial charge in [-0.25, -0.2) is 0 Å². The van der Waals surface area contributed by atoms with Gasteiger partial charge in [0.15, 0.2) is 0 Å². The maximum atomic E-state index is 12.6. The lowest BCUT2D eigenvalue weighted by Gasteiger charge is -2.33. The molecule has 2 saturated heterocycles. The summed E-state index contributed by atoms with van der Waals surface area (Å²) in [5.41, 5.74) is 0.864. The third kappa shape index (κ3) is 3.27. The number of pyridine rings is 1. The van der Waals surface area contributed by atoms with E-state index in [1.54, 1.807) is 11.1 Å². The van der Waals surface area contributed by atoms with Gasteiger partial charge in [-0.1, -0.05) is 6.07 Å². The van der Waals surface area contributed by atoms with Gasteiger partial charge >= 0.3 is 0 Å². The molecular formula is C16H22N4O2. The molecule has 6 nitrogen and oxygen atoms in total. The van der Waals surface area contributed by atoms with Crippen molar-refractivity contribution in [3.63, 3.8) is 0 Å². The summed E-state index contributed by atoms with van der Waals surface area (Å²) in [4.78, 5) is 34.8. The van der Waals surface area contributed by atoms with E-state index in [2.05, 4.69) is 16.9 Å². The fourth-order valence-electron chi connectivity index (χ4n) is 3.06. The van der Waals surface area contributed by atoms with Crippen molar-refractivity contribution in [3.8, 4) is 0 Å². The van der Waals surface area contributed by atoms with Crippen molar-refractivity contribution >= 4 is 11.8 Å². The van der Waals surface area contributed by atoms with Crippen molar-refractivity contribution < 1.29 is 9.59 Å². The van der Waals surface area contributed by atoms with E-state index in [4.69, 9.17) is 0 Å². The molecule has 0 aliphatic carbocycles. The maximum Gasteiger partial charge on any atom is 0.228 e. The van der Waals surface area contributed by atoms with Gasteiger partial charge in [0.05, 0.1) is 18.2 Å². The average molecular weight is 302 g/mol. The van der Waals surface area contributed by atoms with Gasteiger partial charge in [0.2, 0.25) is 11.8 Å². The third-order valence-corrected chi connectivity index (χ3v) is 4.46. The Bertz CT molecular complexity index is 540. The van der Waals surface area contributed by atoms with E-state index in [0.29, 0.717) is 19.5 Å². The molecule has 2 aliphatic rings. The standard InChI is InChI=1S/C16H22N4O2/c1-18-6-8-19(9-7-18)16(22)13-10-15(21)20(11-13)12-14-4-2-3-5-17-14/h2-5,13H,6-12H2,1H3/t13-/m0/s1. The highest BCUT2D eigenvalue weighted by molar-refractivity contribution is 5.89. The van der Waals surface area contributed by atoms with Gasteiger partial charge in [0.25, 0.3) is 0 Å². The molecule has 118 valence electrons. The zero-order valence-corrected chi connectivity index (χ0v) is 12.9. The summed E-state index contributed by atoms with van der Waals surface area (Å²) in [7, 11) is 2.06. The number of aromatic nitrogens is 1. The molecule has 3 rings (SSSR count). The number of rotatable bonds is 3. The molecule has 0 N–H and O–H groups in total. The molecule has 0 aromatic carbocycles. The molecule has 2 fully saturated rings. The highest BCUT2D eigenvalue weighted by atomic mass is 16.2. The normalized spacial score (nSPS) is 23.1. The van der Waals surface area contributed by atoms with Gasteiger partial charge in [-0.3, -0.25) is 14.6 Å². The van der Waals surface area contributed by atoms with Crippen LogP contribution in [-0.4, -0.2) is 71.3 Å². The van der Waals surface area contributed by atoms with Gasteiger partial charge in [0, 0.05) is 45.3 Å². The first-order valence-electron chi connectivity index (χ1n) is 7.78. The number of piperazine rings is 1. The zero-order chi connectivity index (χ0) is 15.5. The van der Waals surface area contributed by atoms with Gasteiger partial charge < -0.3 is 14.7 Å². The molecule has 0 bridgehead atoms. The van der Waals surface area contributed by atoms with Crippen LogP contribution in [0.15, 0.2) is 24.4 Å². The van der Waals surface area contributed by atoms with Gasteiger partial charge in [-0.2, -0.15) is 0 Å². The van der Waals surface area contributed by atoms with Crippen LogP contribution in [0.4, 0.5) is 0 Å². The summed E-state index contributed by atoms with van der Waals surface area (Å²) in [5.74, 6) is -0.0114.